The molecule has 0 amide bonds. The molecule has 1 aromatic heterocycles. The number of carbonyl (C=O) groups is 1. The van der Waals surface area contributed by atoms with Gasteiger partial charge in [0.05, 0.1) is 29.4 Å². The van der Waals surface area contributed by atoms with Crippen molar-refractivity contribution < 1.29 is 31.9 Å². The number of fused-ring (bicyclic) bond motifs is 1. The molecule has 2 aliphatic rings. The Labute approximate surface area is 194 Å². The number of rotatable bonds is 3. The van der Waals surface area contributed by atoms with Crippen LogP contribution in [0.4, 0.5) is 17.6 Å². The zero-order valence-electron chi connectivity index (χ0n) is 18.1. The van der Waals surface area contributed by atoms with E-state index in [1.807, 2.05) is 0 Å². The lowest BCUT2D eigenvalue weighted by molar-refractivity contribution is -0.174. The molecule has 3 unspecified atom stereocenters. The first-order chi connectivity index (χ1) is 15.8. The van der Waals surface area contributed by atoms with Crippen molar-refractivity contribution in [2.24, 2.45) is 24.0 Å². The smallest absolute Gasteiger partial charge is 0.431 e. The summed E-state index contributed by atoms with van der Waals surface area (Å²) in [5.41, 5.74) is -6.06. The summed E-state index contributed by atoms with van der Waals surface area (Å²) in [6, 6.07) is 2.05. The molecule has 13 heteroatoms. The first kappa shape index (κ1) is 24.0. The Hall–Kier alpha value is -3.15. The second-order valence-corrected chi connectivity index (χ2v) is 8.62. The maximum atomic E-state index is 14.9. The zero-order valence-corrected chi connectivity index (χ0v) is 18.8. The molecular weight excluding hydrogens is 486 g/mol. The van der Waals surface area contributed by atoms with Crippen molar-refractivity contribution in [3.05, 3.63) is 61.1 Å². The van der Waals surface area contributed by atoms with Crippen LogP contribution in [0.1, 0.15) is 31.0 Å². The molecule has 2 aromatic rings. The van der Waals surface area contributed by atoms with Crippen LogP contribution in [0.15, 0.2) is 32.9 Å². The van der Waals surface area contributed by atoms with Crippen molar-refractivity contribution in [1.82, 2.24) is 9.13 Å². The summed E-state index contributed by atoms with van der Waals surface area (Å²) in [7, 11) is 2.02. The number of esters is 1. The highest BCUT2D eigenvalue weighted by atomic mass is 35.5. The molecule has 34 heavy (non-hydrogen) atoms. The summed E-state index contributed by atoms with van der Waals surface area (Å²) in [6.45, 7) is 1.79. The average molecular weight is 504 g/mol. The summed E-state index contributed by atoms with van der Waals surface area (Å²) in [4.78, 5) is 43.2. The summed E-state index contributed by atoms with van der Waals surface area (Å²) in [5, 5.41) is 3.85. The fourth-order valence-electron chi connectivity index (χ4n) is 4.67. The lowest BCUT2D eigenvalue weighted by Gasteiger charge is -2.28. The molecule has 3 atom stereocenters. The summed E-state index contributed by atoms with van der Waals surface area (Å²) < 4.78 is 59.7. The van der Waals surface area contributed by atoms with Gasteiger partial charge in [-0.3, -0.25) is 9.36 Å². The predicted octanol–water partition coefficient (Wildman–Crippen LogP) is 3.04. The Morgan fingerprint density at radius 3 is 2.56 bits per heavy atom. The monoisotopic (exact) mass is 503 g/mol. The van der Waals surface area contributed by atoms with Gasteiger partial charge in [0.15, 0.2) is 0 Å². The van der Waals surface area contributed by atoms with Crippen LogP contribution in [0.3, 0.4) is 0 Å². The number of aromatic nitrogens is 2. The van der Waals surface area contributed by atoms with E-state index in [0.29, 0.717) is 12.8 Å². The van der Waals surface area contributed by atoms with Crippen molar-refractivity contribution in [2.45, 2.75) is 31.5 Å². The van der Waals surface area contributed by atoms with Crippen LogP contribution >= 0.6 is 11.6 Å². The quantitative estimate of drug-likeness (QED) is 0.474. The summed E-state index contributed by atoms with van der Waals surface area (Å²) >= 11 is 6.24. The predicted molar refractivity (Wildman–Crippen MR) is 112 cm³/mol. The molecule has 1 saturated carbocycles. The molecule has 182 valence electrons. The molecule has 2 heterocycles. The standard InChI is InChI=1S/C21H18ClF4N3O5/c1-9-4-5-11-17(27-34-20(9,11)18(31)33-3)10-6-14(13(23)7-12(10)22)29-16(30)8-15(21(24,25)26)28(2)19(29)32/h6-9,11H,4-5H2,1-3H3. The molecule has 4 rings (SSSR count). The van der Waals surface area contributed by atoms with Gasteiger partial charge in [0.25, 0.3) is 5.56 Å². The number of alkyl halides is 3. The van der Waals surface area contributed by atoms with Crippen molar-refractivity contribution in [3.8, 4) is 5.69 Å². The molecule has 1 aromatic carbocycles. The number of carbonyl (C=O) groups excluding carboxylic acids is 1. The van der Waals surface area contributed by atoms with Gasteiger partial charge in [0, 0.05) is 24.6 Å². The van der Waals surface area contributed by atoms with Gasteiger partial charge >= 0.3 is 17.8 Å². The number of methoxy groups -OCH3 is 1. The zero-order chi connectivity index (χ0) is 25.2. The Kier molecular flexibility index (Phi) is 5.62. The van der Waals surface area contributed by atoms with E-state index in [9.17, 15) is 31.9 Å². The number of hydrogen-bond donors (Lipinski definition) is 0. The molecule has 1 fully saturated rings. The number of halogens is 5. The van der Waals surface area contributed by atoms with Crippen molar-refractivity contribution in [2.75, 3.05) is 7.11 Å². The van der Waals surface area contributed by atoms with Gasteiger partial charge in [-0.15, -0.1) is 0 Å². The van der Waals surface area contributed by atoms with E-state index in [0.717, 1.165) is 19.2 Å². The Balaban J connectivity index is 1.89. The largest absolute Gasteiger partial charge is 0.466 e. The second kappa shape index (κ2) is 7.97. The third-order valence-corrected chi connectivity index (χ3v) is 6.74. The molecule has 1 aliphatic carbocycles. The van der Waals surface area contributed by atoms with Crippen molar-refractivity contribution in [1.29, 1.82) is 0 Å². The van der Waals surface area contributed by atoms with E-state index in [2.05, 4.69) is 5.16 Å². The van der Waals surface area contributed by atoms with Crippen LogP contribution in [-0.2, 0) is 27.6 Å². The summed E-state index contributed by atoms with van der Waals surface area (Å²) in [5.74, 6) is -2.65. The van der Waals surface area contributed by atoms with Gasteiger partial charge in [-0.1, -0.05) is 23.7 Å². The third-order valence-electron chi connectivity index (χ3n) is 6.43. The first-order valence-electron chi connectivity index (χ1n) is 10.1. The van der Waals surface area contributed by atoms with Crippen LogP contribution in [-0.4, -0.2) is 33.5 Å². The molecule has 0 N–H and O–H groups in total. The number of benzene rings is 1. The van der Waals surface area contributed by atoms with Gasteiger partial charge in [0.1, 0.15) is 11.5 Å². The fourth-order valence-corrected chi connectivity index (χ4v) is 4.92. The van der Waals surface area contributed by atoms with Crippen molar-refractivity contribution >= 4 is 23.3 Å². The van der Waals surface area contributed by atoms with E-state index in [1.54, 1.807) is 6.92 Å². The number of nitrogens with zero attached hydrogens (tertiary/aromatic N) is 3. The highest BCUT2D eigenvalue weighted by molar-refractivity contribution is 6.34. The topological polar surface area (TPSA) is 91.9 Å². The first-order valence-corrected chi connectivity index (χ1v) is 10.5. The van der Waals surface area contributed by atoms with Crippen LogP contribution in [0.25, 0.3) is 5.69 Å². The maximum absolute atomic E-state index is 14.9. The Bertz CT molecular complexity index is 1350. The summed E-state index contributed by atoms with van der Waals surface area (Å²) in [6.07, 6.45) is -3.92. The SMILES string of the molecule is COC(=O)C12ON=C(c3cc(-n4c(=O)cc(C(F)(F)F)n(C)c4=O)c(F)cc3Cl)C1CCC2C. The Morgan fingerprint density at radius 2 is 1.94 bits per heavy atom. The highest BCUT2D eigenvalue weighted by Crippen LogP contribution is 2.50. The normalized spacial score (nSPS) is 23.9. The van der Waals surface area contributed by atoms with Gasteiger partial charge < -0.3 is 9.57 Å². The van der Waals surface area contributed by atoms with Gasteiger partial charge in [-0.25, -0.2) is 18.5 Å². The number of ether oxygens (including phenoxy) is 1. The highest BCUT2D eigenvalue weighted by Gasteiger charge is 2.63. The third kappa shape index (κ3) is 3.34. The van der Waals surface area contributed by atoms with Crippen LogP contribution in [0, 0.1) is 17.7 Å². The van der Waals surface area contributed by atoms with E-state index in [-0.39, 0.29) is 37.4 Å². The van der Waals surface area contributed by atoms with Gasteiger partial charge in [-0.05, 0) is 25.0 Å². The van der Waals surface area contributed by atoms with E-state index in [4.69, 9.17) is 21.2 Å². The second-order valence-electron chi connectivity index (χ2n) is 8.21. The van der Waals surface area contributed by atoms with E-state index in [1.165, 1.54) is 7.11 Å². The Morgan fingerprint density at radius 1 is 1.26 bits per heavy atom. The lowest BCUT2D eigenvalue weighted by Crippen LogP contribution is -2.48. The number of hydrogen-bond acceptors (Lipinski definition) is 6. The fraction of sp³-hybridized carbons (Fsp3) is 0.429. The minimum Gasteiger partial charge on any atom is -0.466 e. The maximum Gasteiger partial charge on any atom is 0.431 e. The van der Waals surface area contributed by atoms with Gasteiger partial charge in [-0.2, -0.15) is 13.2 Å². The van der Waals surface area contributed by atoms with Crippen LogP contribution in [0.2, 0.25) is 5.02 Å². The minimum atomic E-state index is -4.97. The molecule has 0 saturated heterocycles. The van der Waals surface area contributed by atoms with E-state index >= 15 is 0 Å². The van der Waals surface area contributed by atoms with Crippen LogP contribution in [0.5, 0.6) is 0 Å². The molecule has 0 bridgehead atoms. The molecule has 0 spiro atoms. The number of oxime groups is 1. The molecule has 1 aliphatic heterocycles. The van der Waals surface area contributed by atoms with Gasteiger partial charge in [0.2, 0.25) is 5.60 Å². The molecule has 0 radical (unpaired) electrons. The average Bonchev–Trinajstić information content (AvgIpc) is 3.29. The van der Waals surface area contributed by atoms with E-state index < -0.39 is 52.1 Å². The molecule has 8 nitrogen and oxygen atoms in total. The molecular formula is C21H18ClF4N3O5. The minimum absolute atomic E-state index is 0.0665. The lowest BCUT2D eigenvalue weighted by atomic mass is 9.81. The van der Waals surface area contributed by atoms with Crippen LogP contribution < -0.4 is 11.2 Å². The van der Waals surface area contributed by atoms with Crippen molar-refractivity contribution in [3.63, 3.8) is 0 Å².